The fourth-order valence-electron chi connectivity index (χ4n) is 6.69. The minimum absolute atomic E-state index is 0.0117. The van der Waals surface area contributed by atoms with Crippen molar-refractivity contribution in [3.8, 4) is 55.6 Å². The molecule has 10 aromatic rings. The van der Waals surface area contributed by atoms with E-state index < -0.39 is 143 Å². The molecule has 51 heavy (non-hydrogen) atoms. The fourth-order valence-corrected chi connectivity index (χ4v) is 6.69. The zero-order valence-corrected chi connectivity index (χ0v) is 26.3. The SMILES string of the molecule is [2H]c1c([2H])c([2H])c(-c2c([2H])c([2H])c(-c3ccccc3-c3c4ccccc4c(-c4c([2H])c([2H])c([2H])c5oc6c([2H])c(-c7c([2H])c([2H])c([2H])c([2H])c7[2H])c([2H])c([2H])c6c45)c4ccccc34)c([2H])c2[2H])c([2H])c1[2H]. The van der Waals surface area contributed by atoms with Crippen molar-refractivity contribution >= 4 is 43.5 Å². The number of rotatable bonds is 5. The van der Waals surface area contributed by atoms with Gasteiger partial charge in [0.05, 0.1) is 27.4 Å². The molecule has 238 valence electrons. The maximum Gasteiger partial charge on any atom is 0.136 e. The summed E-state index contributed by atoms with van der Waals surface area (Å²) < 4.78 is 182. The summed E-state index contributed by atoms with van der Waals surface area (Å²) in [5.41, 5.74) is -1.17. The highest BCUT2D eigenvalue weighted by Gasteiger charge is 2.21. The molecule has 0 N–H and O–H groups in total. The van der Waals surface area contributed by atoms with Crippen LogP contribution in [-0.4, -0.2) is 0 Å². The van der Waals surface area contributed by atoms with E-state index in [4.69, 9.17) is 23.6 Å². The topological polar surface area (TPSA) is 13.1 Å². The van der Waals surface area contributed by atoms with Gasteiger partial charge >= 0.3 is 0 Å². The largest absolute Gasteiger partial charge is 0.456 e. The Morgan fingerprint density at radius 3 is 1.45 bits per heavy atom. The van der Waals surface area contributed by atoms with Crippen molar-refractivity contribution < 1.29 is 31.8 Å². The van der Waals surface area contributed by atoms with E-state index in [0.29, 0.717) is 38.2 Å². The van der Waals surface area contributed by atoms with Gasteiger partial charge in [-0.15, -0.1) is 0 Å². The lowest BCUT2D eigenvalue weighted by Crippen LogP contribution is -1.93. The monoisotopic (exact) mass is 668 g/mol. The second-order valence-electron chi connectivity index (χ2n) is 11.6. The minimum Gasteiger partial charge on any atom is -0.456 e. The van der Waals surface area contributed by atoms with Crippen LogP contribution in [0.1, 0.15) is 27.4 Å². The molecule has 0 aliphatic carbocycles. The third-order valence-corrected chi connectivity index (χ3v) is 8.85. The number of benzene rings is 9. The Bertz CT molecular complexity index is 3920. The van der Waals surface area contributed by atoms with E-state index in [1.54, 1.807) is 72.8 Å². The van der Waals surface area contributed by atoms with Gasteiger partial charge in [0.1, 0.15) is 11.2 Å². The van der Waals surface area contributed by atoms with Crippen LogP contribution in [0.15, 0.2) is 198 Å². The molecule has 1 heterocycles. The average Bonchev–Trinajstić information content (AvgIpc) is 3.77. The lowest BCUT2D eigenvalue weighted by atomic mass is 9.83. The quantitative estimate of drug-likeness (QED) is 0.166. The van der Waals surface area contributed by atoms with E-state index >= 15 is 0 Å². The Labute approximate surface area is 324 Å². The molecule has 0 unspecified atom stereocenters. The molecule has 0 spiro atoms. The van der Waals surface area contributed by atoms with Gasteiger partial charge in [-0.2, -0.15) is 0 Å². The van der Waals surface area contributed by atoms with Crippen LogP contribution in [0.5, 0.6) is 0 Å². The first-order valence-electron chi connectivity index (χ1n) is 25.9. The van der Waals surface area contributed by atoms with E-state index in [-0.39, 0.29) is 38.6 Å². The minimum atomic E-state index is -0.720. The van der Waals surface area contributed by atoms with Crippen LogP contribution in [-0.2, 0) is 0 Å². The van der Waals surface area contributed by atoms with Crippen LogP contribution in [0.3, 0.4) is 0 Å². The maximum absolute atomic E-state index is 9.55. The Hall–Kier alpha value is -6.70. The standard InChI is InChI=1S/C50H32O/c1-3-14-33(15-4-1)35-26-28-36(29-27-35)38-18-7-8-19-39(38)48-40-20-9-11-22-42(40)49(43-23-12-10-21-41(43)48)45-24-13-25-46-50(45)44-31-30-37(32-47(44)51-46)34-16-5-2-6-17-34/h1-32H/i1D,2D,3D,4D,5D,6D,13D,14D,15D,16D,17D,24D,25D,26D,27D,28D,29D,30D,31D,32D. The molecule has 1 nitrogen and oxygen atoms in total. The van der Waals surface area contributed by atoms with Gasteiger partial charge in [0, 0.05) is 10.8 Å². The first-order valence-corrected chi connectivity index (χ1v) is 15.9. The summed E-state index contributed by atoms with van der Waals surface area (Å²) in [5.74, 6) is 0. The van der Waals surface area contributed by atoms with E-state index in [9.17, 15) is 8.22 Å². The normalized spacial score (nSPS) is 17.0. The molecule has 0 saturated carbocycles. The highest BCUT2D eigenvalue weighted by Crippen LogP contribution is 2.48. The molecule has 10 rings (SSSR count). The third kappa shape index (κ3) is 4.86. The van der Waals surface area contributed by atoms with Gasteiger partial charge < -0.3 is 4.42 Å². The van der Waals surface area contributed by atoms with Crippen LogP contribution in [0, 0.1) is 0 Å². The van der Waals surface area contributed by atoms with Gasteiger partial charge in [-0.05, 0) is 95.3 Å². The van der Waals surface area contributed by atoms with Gasteiger partial charge in [0.25, 0.3) is 0 Å². The number of hydrogen-bond acceptors (Lipinski definition) is 1. The van der Waals surface area contributed by atoms with Gasteiger partial charge in [0.2, 0.25) is 0 Å². The summed E-state index contributed by atoms with van der Waals surface area (Å²) in [7, 11) is 0. The molecule has 1 heteroatoms. The molecule has 0 bridgehead atoms. The lowest BCUT2D eigenvalue weighted by Gasteiger charge is -2.20. The van der Waals surface area contributed by atoms with Crippen molar-refractivity contribution in [3.05, 3.63) is 194 Å². The van der Waals surface area contributed by atoms with Crippen LogP contribution in [0.2, 0.25) is 0 Å². The Kier molecular flexibility index (Phi) is 3.64. The Morgan fingerprint density at radius 1 is 0.333 bits per heavy atom. The lowest BCUT2D eigenvalue weighted by molar-refractivity contribution is 0.669. The summed E-state index contributed by atoms with van der Waals surface area (Å²) in [6.07, 6.45) is 0. The number of fused-ring (bicyclic) bond motifs is 5. The Balaban J connectivity index is 1.29. The zero-order chi connectivity index (χ0) is 51.1. The summed E-state index contributed by atoms with van der Waals surface area (Å²) in [5, 5.41) is 1.76. The average molecular weight is 669 g/mol. The van der Waals surface area contributed by atoms with E-state index in [2.05, 4.69) is 0 Å². The second-order valence-corrected chi connectivity index (χ2v) is 11.6. The third-order valence-electron chi connectivity index (χ3n) is 8.85. The van der Waals surface area contributed by atoms with Crippen molar-refractivity contribution in [2.45, 2.75) is 0 Å². The van der Waals surface area contributed by atoms with Crippen LogP contribution < -0.4 is 0 Å². The highest BCUT2D eigenvalue weighted by molar-refractivity contribution is 6.26. The summed E-state index contributed by atoms with van der Waals surface area (Å²) in [6, 6.07) is 7.95. The molecule has 0 atom stereocenters. The van der Waals surface area contributed by atoms with Gasteiger partial charge in [-0.25, -0.2) is 0 Å². The molecule has 0 aliphatic heterocycles. The number of furan rings is 1. The van der Waals surface area contributed by atoms with Crippen molar-refractivity contribution in [2.75, 3.05) is 0 Å². The molecule has 0 radical (unpaired) electrons. The zero-order valence-electron chi connectivity index (χ0n) is 46.3. The van der Waals surface area contributed by atoms with Crippen LogP contribution >= 0.6 is 0 Å². The van der Waals surface area contributed by atoms with Crippen LogP contribution in [0.25, 0.3) is 99.1 Å². The molecule has 9 aromatic carbocycles. The van der Waals surface area contributed by atoms with Gasteiger partial charge in [0.15, 0.2) is 0 Å². The molecular weight excluding hydrogens is 617 g/mol. The fraction of sp³-hybridized carbons (Fsp3) is 0. The van der Waals surface area contributed by atoms with Crippen molar-refractivity contribution in [1.29, 1.82) is 0 Å². The summed E-state index contributed by atoms with van der Waals surface area (Å²) in [4.78, 5) is 0. The molecular formula is C50H32O. The van der Waals surface area contributed by atoms with Crippen molar-refractivity contribution in [3.63, 3.8) is 0 Å². The van der Waals surface area contributed by atoms with Gasteiger partial charge in [-0.3, -0.25) is 0 Å². The molecule has 0 fully saturated rings. The second kappa shape index (κ2) is 12.0. The first-order chi connectivity index (χ1) is 33.6. The van der Waals surface area contributed by atoms with E-state index in [0.717, 1.165) is 0 Å². The molecule has 0 amide bonds. The van der Waals surface area contributed by atoms with E-state index in [1.165, 1.54) is 0 Å². The highest BCUT2D eigenvalue weighted by atomic mass is 16.3. The molecule has 1 aromatic heterocycles. The predicted octanol–water partition coefficient (Wildman–Crippen LogP) is 14.2. The van der Waals surface area contributed by atoms with Crippen molar-refractivity contribution in [2.24, 2.45) is 0 Å². The van der Waals surface area contributed by atoms with Crippen molar-refractivity contribution in [1.82, 2.24) is 0 Å². The van der Waals surface area contributed by atoms with Crippen LogP contribution in [0.4, 0.5) is 0 Å². The first kappa shape index (κ1) is 15.5. The molecule has 0 aliphatic rings. The summed E-state index contributed by atoms with van der Waals surface area (Å²) in [6.45, 7) is 0. The number of hydrogen-bond donors (Lipinski definition) is 0. The predicted molar refractivity (Wildman–Crippen MR) is 216 cm³/mol. The van der Waals surface area contributed by atoms with Gasteiger partial charge in [-0.1, -0.05) is 176 Å². The summed E-state index contributed by atoms with van der Waals surface area (Å²) >= 11 is 0. The maximum atomic E-state index is 9.55. The Morgan fingerprint density at radius 2 is 0.824 bits per heavy atom. The molecule has 0 saturated heterocycles. The van der Waals surface area contributed by atoms with E-state index in [1.807, 2.05) is 0 Å². The smallest absolute Gasteiger partial charge is 0.136 e.